The molecular formula is C15H20N3OS+. The van der Waals surface area contributed by atoms with Crippen LogP contribution in [0.2, 0.25) is 0 Å². The lowest BCUT2D eigenvalue weighted by Gasteiger charge is -2.23. The minimum Gasteiger partial charge on any atom is -0.327 e. The van der Waals surface area contributed by atoms with Gasteiger partial charge in [0.2, 0.25) is 0 Å². The number of hydrogen-bond acceptors (Lipinski definition) is 3. The van der Waals surface area contributed by atoms with E-state index in [9.17, 15) is 4.79 Å². The molecule has 0 aliphatic carbocycles. The predicted octanol–water partition coefficient (Wildman–Crippen LogP) is 1.31. The first kappa shape index (κ1) is 14.9. The van der Waals surface area contributed by atoms with Crippen LogP contribution in [0.3, 0.4) is 0 Å². The molecule has 0 aromatic heterocycles. The van der Waals surface area contributed by atoms with Crippen molar-refractivity contribution >= 4 is 23.4 Å². The molecule has 1 aliphatic heterocycles. The molecule has 0 bridgehead atoms. The summed E-state index contributed by atoms with van der Waals surface area (Å²) in [6.07, 6.45) is 3.73. The maximum Gasteiger partial charge on any atom is 0.279 e. The lowest BCUT2D eigenvalue weighted by atomic mass is 10.1. The molecule has 1 amide bonds. The molecule has 20 heavy (non-hydrogen) atoms. The maximum absolute atomic E-state index is 12.1. The highest BCUT2D eigenvalue weighted by molar-refractivity contribution is 7.99. The van der Waals surface area contributed by atoms with Crippen molar-refractivity contribution in [3.63, 3.8) is 0 Å². The van der Waals surface area contributed by atoms with Crippen molar-refractivity contribution in [2.24, 2.45) is 0 Å². The number of amides is 1. The highest BCUT2D eigenvalue weighted by atomic mass is 32.2. The van der Waals surface area contributed by atoms with Gasteiger partial charge in [0.25, 0.3) is 5.91 Å². The molecule has 0 unspecified atom stereocenters. The molecule has 0 spiro atoms. The van der Waals surface area contributed by atoms with Gasteiger partial charge in [-0.3, -0.25) is 4.79 Å². The number of carbonyl (C=O) groups excluding carboxylic acids is 1. The Balaban J connectivity index is 1.91. The zero-order valence-corrected chi connectivity index (χ0v) is 12.3. The van der Waals surface area contributed by atoms with E-state index in [1.54, 1.807) is 0 Å². The topological polar surface area (TPSA) is 57.3 Å². The van der Waals surface area contributed by atoms with E-state index < -0.39 is 0 Å². The summed E-state index contributed by atoms with van der Waals surface area (Å²) < 4.78 is 0. The van der Waals surface area contributed by atoms with E-state index in [2.05, 4.69) is 11.4 Å². The summed E-state index contributed by atoms with van der Waals surface area (Å²) in [6.45, 7) is 2.73. The summed E-state index contributed by atoms with van der Waals surface area (Å²) in [4.78, 5) is 14.4. The van der Waals surface area contributed by atoms with Gasteiger partial charge in [0.15, 0.2) is 6.54 Å². The number of benzene rings is 1. The number of thioether (sulfide) groups is 1. The average molecular weight is 290 g/mol. The smallest absolute Gasteiger partial charge is 0.279 e. The normalized spacial score (nSPS) is 15.6. The van der Waals surface area contributed by atoms with Crippen LogP contribution in [0.5, 0.6) is 0 Å². The van der Waals surface area contributed by atoms with Crippen LogP contribution in [-0.4, -0.2) is 31.3 Å². The summed E-state index contributed by atoms with van der Waals surface area (Å²) in [5.74, 6) is 0.455. The number of para-hydroxylation sites is 1. The average Bonchev–Trinajstić information content (AvgIpc) is 2.47. The highest BCUT2D eigenvalue weighted by Gasteiger charge is 2.17. The number of anilines is 1. The minimum absolute atomic E-state index is 0.0620. The third kappa shape index (κ3) is 4.55. The standard InChI is InChI=1S/C15H19N3OS/c16-8-11-20-14-7-3-2-6-13(14)17-15(19)12-18-9-4-1-5-10-18/h2-3,6-7H,1,4-5,9-12H2,(H,17,19)/p+1. The van der Waals surface area contributed by atoms with E-state index in [-0.39, 0.29) is 5.91 Å². The third-order valence-electron chi connectivity index (χ3n) is 3.42. The Labute approximate surface area is 124 Å². The molecule has 0 atom stereocenters. The molecular weight excluding hydrogens is 270 g/mol. The summed E-state index contributed by atoms with van der Waals surface area (Å²) in [5, 5.41) is 11.6. The van der Waals surface area contributed by atoms with Crippen LogP contribution in [0.25, 0.3) is 0 Å². The molecule has 1 aromatic carbocycles. The summed E-state index contributed by atoms with van der Waals surface area (Å²) in [5.41, 5.74) is 0.814. The molecule has 1 heterocycles. The van der Waals surface area contributed by atoms with Crippen LogP contribution < -0.4 is 10.2 Å². The number of nitrogens with zero attached hydrogens (tertiary/aromatic N) is 1. The Kier molecular flexibility index (Phi) is 5.90. The van der Waals surface area contributed by atoms with Crippen molar-refractivity contribution in [1.82, 2.24) is 0 Å². The van der Waals surface area contributed by atoms with E-state index in [4.69, 9.17) is 5.26 Å². The van der Waals surface area contributed by atoms with Crippen molar-refractivity contribution in [2.75, 3.05) is 30.7 Å². The van der Waals surface area contributed by atoms with Crippen LogP contribution in [-0.2, 0) is 4.79 Å². The molecule has 1 aliphatic rings. The fraction of sp³-hybridized carbons (Fsp3) is 0.467. The van der Waals surface area contributed by atoms with Gasteiger partial charge >= 0.3 is 0 Å². The zero-order chi connectivity index (χ0) is 14.2. The summed E-state index contributed by atoms with van der Waals surface area (Å²) in [6, 6.07) is 9.76. The van der Waals surface area contributed by atoms with Crippen molar-refractivity contribution < 1.29 is 9.69 Å². The lowest BCUT2D eigenvalue weighted by Crippen LogP contribution is -3.13. The Morgan fingerprint density at radius 2 is 2.05 bits per heavy atom. The first-order valence-corrected chi connectivity index (χ1v) is 8.00. The molecule has 0 radical (unpaired) electrons. The Bertz CT molecular complexity index is 492. The number of rotatable bonds is 5. The van der Waals surface area contributed by atoms with Crippen molar-refractivity contribution in [3.8, 4) is 6.07 Å². The quantitative estimate of drug-likeness (QED) is 0.804. The second kappa shape index (κ2) is 7.93. The van der Waals surface area contributed by atoms with Crippen LogP contribution in [0, 0.1) is 11.3 Å². The molecule has 2 N–H and O–H groups in total. The Morgan fingerprint density at radius 3 is 2.80 bits per heavy atom. The monoisotopic (exact) mass is 290 g/mol. The fourth-order valence-electron chi connectivity index (χ4n) is 2.46. The van der Waals surface area contributed by atoms with Gasteiger partial charge in [-0.2, -0.15) is 5.26 Å². The SMILES string of the molecule is N#CCSc1ccccc1NC(=O)C[NH+]1CCCCC1. The fourth-order valence-corrected chi connectivity index (χ4v) is 3.13. The van der Waals surface area contributed by atoms with Gasteiger partial charge in [0.05, 0.1) is 30.6 Å². The predicted molar refractivity (Wildman–Crippen MR) is 80.8 cm³/mol. The molecule has 5 heteroatoms. The van der Waals surface area contributed by atoms with Gasteiger partial charge < -0.3 is 10.2 Å². The van der Waals surface area contributed by atoms with Gasteiger partial charge in [-0.05, 0) is 31.4 Å². The van der Waals surface area contributed by atoms with E-state index in [1.165, 1.54) is 35.9 Å². The van der Waals surface area contributed by atoms with E-state index in [0.29, 0.717) is 12.3 Å². The van der Waals surface area contributed by atoms with Crippen molar-refractivity contribution in [2.45, 2.75) is 24.2 Å². The number of piperidine rings is 1. The van der Waals surface area contributed by atoms with Crippen molar-refractivity contribution in [1.29, 1.82) is 5.26 Å². The van der Waals surface area contributed by atoms with Crippen LogP contribution in [0.15, 0.2) is 29.2 Å². The molecule has 1 saturated heterocycles. The zero-order valence-electron chi connectivity index (χ0n) is 11.5. The largest absolute Gasteiger partial charge is 0.327 e. The number of carbonyl (C=O) groups is 1. The van der Waals surface area contributed by atoms with Crippen molar-refractivity contribution in [3.05, 3.63) is 24.3 Å². The molecule has 0 saturated carbocycles. The highest BCUT2D eigenvalue weighted by Crippen LogP contribution is 2.26. The van der Waals surface area contributed by atoms with Gasteiger partial charge in [0.1, 0.15) is 0 Å². The van der Waals surface area contributed by atoms with Crippen LogP contribution in [0.4, 0.5) is 5.69 Å². The Hall–Kier alpha value is -1.51. The van der Waals surface area contributed by atoms with E-state index >= 15 is 0 Å². The number of likely N-dealkylation sites (tertiary alicyclic amines) is 1. The first-order valence-electron chi connectivity index (χ1n) is 7.02. The number of hydrogen-bond donors (Lipinski definition) is 2. The van der Waals surface area contributed by atoms with E-state index in [0.717, 1.165) is 23.7 Å². The van der Waals surface area contributed by atoms with Gasteiger partial charge in [-0.1, -0.05) is 12.1 Å². The molecule has 1 fully saturated rings. The minimum atomic E-state index is 0.0620. The molecule has 2 rings (SSSR count). The molecule has 4 nitrogen and oxygen atoms in total. The first-order chi connectivity index (χ1) is 9.79. The Morgan fingerprint density at radius 1 is 1.30 bits per heavy atom. The second-order valence-electron chi connectivity index (χ2n) is 4.98. The number of nitriles is 1. The molecule has 106 valence electrons. The second-order valence-corrected chi connectivity index (χ2v) is 6.00. The third-order valence-corrected chi connectivity index (χ3v) is 4.37. The summed E-state index contributed by atoms with van der Waals surface area (Å²) in [7, 11) is 0. The van der Waals surface area contributed by atoms with Crippen LogP contribution in [0.1, 0.15) is 19.3 Å². The lowest BCUT2D eigenvalue weighted by molar-refractivity contribution is -0.896. The summed E-state index contributed by atoms with van der Waals surface area (Å²) >= 11 is 1.45. The number of nitrogens with one attached hydrogen (secondary N) is 2. The van der Waals surface area contributed by atoms with Gasteiger partial charge in [-0.15, -0.1) is 11.8 Å². The maximum atomic E-state index is 12.1. The molecule has 1 aromatic rings. The number of quaternary nitrogens is 1. The van der Waals surface area contributed by atoms with E-state index in [1.807, 2.05) is 24.3 Å². The van der Waals surface area contributed by atoms with Crippen LogP contribution >= 0.6 is 11.8 Å². The van der Waals surface area contributed by atoms with Gasteiger partial charge in [0, 0.05) is 4.90 Å². The van der Waals surface area contributed by atoms with Gasteiger partial charge in [-0.25, -0.2) is 0 Å².